The lowest BCUT2D eigenvalue weighted by Crippen LogP contribution is -2.22. The van der Waals surface area contributed by atoms with Gasteiger partial charge in [-0.05, 0) is 43.0 Å². The van der Waals surface area contributed by atoms with Gasteiger partial charge >= 0.3 is 5.97 Å². The minimum Gasteiger partial charge on any atom is -0.496 e. The zero-order valence-electron chi connectivity index (χ0n) is 12.4. The van der Waals surface area contributed by atoms with Gasteiger partial charge in [-0.3, -0.25) is 0 Å². The zero-order valence-corrected chi connectivity index (χ0v) is 12.4. The number of hydrogen-bond donors (Lipinski definition) is 0. The molecule has 1 aromatic carbocycles. The molecule has 1 aliphatic carbocycles. The summed E-state index contributed by atoms with van der Waals surface area (Å²) in [5, 5.41) is 0. The van der Waals surface area contributed by atoms with Crippen molar-refractivity contribution < 1.29 is 14.3 Å². The summed E-state index contributed by atoms with van der Waals surface area (Å²) in [6.45, 7) is 2.09. The number of rotatable bonds is 4. The second-order valence-electron chi connectivity index (χ2n) is 5.43. The molecule has 0 bridgehead atoms. The summed E-state index contributed by atoms with van der Waals surface area (Å²) in [6, 6.07) is 5.97. The van der Waals surface area contributed by atoms with Crippen LogP contribution in [0.4, 0.5) is 0 Å². The summed E-state index contributed by atoms with van der Waals surface area (Å²) in [4.78, 5) is 16.3. The highest BCUT2D eigenvalue weighted by molar-refractivity contribution is 6.08. The molecule has 2 aliphatic rings. The van der Waals surface area contributed by atoms with E-state index in [1.54, 1.807) is 13.2 Å². The number of cyclic esters (lactones) is 1. The normalized spacial score (nSPS) is 20.2. The van der Waals surface area contributed by atoms with E-state index in [1.165, 1.54) is 12.0 Å². The standard InChI is InChI=1S/C17H19NO3/c1-3-11-7-8-15(20-2)13(9-11)10-14-17(19)21-16(18-14)12-5-4-6-12/h7-10,12H,3-6H2,1-2H3/b14-10+. The Hall–Kier alpha value is -2.10. The first-order chi connectivity index (χ1) is 10.2. The van der Waals surface area contributed by atoms with Crippen LogP contribution in [0.15, 0.2) is 28.9 Å². The Morgan fingerprint density at radius 1 is 1.43 bits per heavy atom. The molecule has 0 atom stereocenters. The molecule has 21 heavy (non-hydrogen) atoms. The van der Waals surface area contributed by atoms with Crippen molar-refractivity contribution in [2.24, 2.45) is 10.9 Å². The van der Waals surface area contributed by atoms with Crippen LogP contribution in [-0.4, -0.2) is 19.0 Å². The third kappa shape index (κ3) is 2.71. The lowest BCUT2D eigenvalue weighted by atomic mass is 9.85. The second kappa shape index (κ2) is 5.72. The molecule has 0 N–H and O–H groups in total. The van der Waals surface area contributed by atoms with E-state index in [-0.39, 0.29) is 5.97 Å². The van der Waals surface area contributed by atoms with Gasteiger partial charge in [0.2, 0.25) is 5.90 Å². The first-order valence-corrected chi connectivity index (χ1v) is 7.40. The third-order valence-corrected chi connectivity index (χ3v) is 4.09. The summed E-state index contributed by atoms with van der Waals surface area (Å²) in [5.41, 5.74) is 2.42. The Labute approximate surface area is 124 Å². The molecule has 0 radical (unpaired) electrons. The third-order valence-electron chi connectivity index (χ3n) is 4.09. The molecule has 0 amide bonds. The smallest absolute Gasteiger partial charge is 0.363 e. The largest absolute Gasteiger partial charge is 0.496 e. The molecular formula is C17H19NO3. The van der Waals surface area contributed by atoms with Crippen LogP contribution >= 0.6 is 0 Å². The molecular weight excluding hydrogens is 266 g/mol. The first kappa shape index (κ1) is 13.9. The molecule has 4 heteroatoms. The zero-order chi connectivity index (χ0) is 14.8. The summed E-state index contributed by atoms with van der Waals surface area (Å²) in [6.07, 6.45) is 6.00. The molecule has 110 valence electrons. The van der Waals surface area contributed by atoms with Crippen molar-refractivity contribution in [1.82, 2.24) is 0 Å². The monoisotopic (exact) mass is 285 g/mol. The average molecular weight is 285 g/mol. The van der Waals surface area contributed by atoms with E-state index in [0.29, 0.717) is 17.5 Å². The van der Waals surface area contributed by atoms with E-state index in [1.807, 2.05) is 18.2 Å². The first-order valence-electron chi connectivity index (χ1n) is 7.40. The van der Waals surface area contributed by atoms with Crippen LogP contribution in [0.3, 0.4) is 0 Å². The maximum Gasteiger partial charge on any atom is 0.363 e. The predicted molar refractivity (Wildman–Crippen MR) is 81.2 cm³/mol. The number of carbonyl (C=O) groups excluding carboxylic acids is 1. The maximum absolute atomic E-state index is 11.9. The number of nitrogens with zero attached hydrogens (tertiary/aromatic N) is 1. The topological polar surface area (TPSA) is 47.9 Å². The lowest BCUT2D eigenvalue weighted by molar-refractivity contribution is -0.130. The number of hydrogen-bond acceptors (Lipinski definition) is 4. The molecule has 3 rings (SSSR count). The van der Waals surface area contributed by atoms with E-state index in [0.717, 1.165) is 30.6 Å². The number of ether oxygens (including phenoxy) is 2. The maximum atomic E-state index is 11.9. The fourth-order valence-electron chi connectivity index (χ4n) is 2.52. The summed E-state index contributed by atoms with van der Waals surface area (Å²) >= 11 is 0. The molecule has 0 saturated heterocycles. The number of benzene rings is 1. The summed E-state index contributed by atoms with van der Waals surface area (Å²) in [5.74, 6) is 1.28. The Balaban J connectivity index is 1.93. The van der Waals surface area contributed by atoms with Gasteiger partial charge in [0.15, 0.2) is 5.70 Å². The molecule has 4 nitrogen and oxygen atoms in total. The molecule has 0 spiro atoms. The van der Waals surface area contributed by atoms with Gasteiger partial charge in [-0.1, -0.05) is 19.4 Å². The van der Waals surface area contributed by atoms with Crippen molar-refractivity contribution in [3.8, 4) is 5.75 Å². The highest BCUT2D eigenvalue weighted by atomic mass is 16.6. The molecule has 1 heterocycles. The van der Waals surface area contributed by atoms with Crippen molar-refractivity contribution in [3.63, 3.8) is 0 Å². The van der Waals surface area contributed by atoms with Crippen LogP contribution in [0.1, 0.15) is 37.3 Å². The fourth-order valence-corrected chi connectivity index (χ4v) is 2.52. The SMILES string of the molecule is CCc1ccc(OC)c(/C=C2/N=C(C3CCC3)OC2=O)c1. The van der Waals surface area contributed by atoms with Gasteiger partial charge in [0.25, 0.3) is 0 Å². The Kier molecular flexibility index (Phi) is 3.78. The van der Waals surface area contributed by atoms with Crippen LogP contribution in [-0.2, 0) is 16.0 Å². The molecule has 0 unspecified atom stereocenters. The highest BCUT2D eigenvalue weighted by Crippen LogP contribution is 2.32. The molecule has 1 aromatic rings. The number of aryl methyl sites for hydroxylation is 1. The van der Waals surface area contributed by atoms with Crippen LogP contribution in [0.25, 0.3) is 6.08 Å². The quantitative estimate of drug-likeness (QED) is 0.629. The van der Waals surface area contributed by atoms with Gasteiger partial charge in [0.1, 0.15) is 5.75 Å². The summed E-state index contributed by atoms with van der Waals surface area (Å²) in [7, 11) is 1.62. The van der Waals surface area contributed by atoms with Crippen LogP contribution in [0.5, 0.6) is 5.75 Å². The van der Waals surface area contributed by atoms with Gasteiger partial charge in [0.05, 0.1) is 7.11 Å². The van der Waals surface area contributed by atoms with E-state index in [2.05, 4.69) is 11.9 Å². The molecule has 1 saturated carbocycles. The summed E-state index contributed by atoms with van der Waals surface area (Å²) < 4.78 is 10.6. The van der Waals surface area contributed by atoms with Gasteiger partial charge in [-0.2, -0.15) is 0 Å². The van der Waals surface area contributed by atoms with Crippen molar-refractivity contribution in [3.05, 3.63) is 35.0 Å². The number of aliphatic imine (C=N–C) groups is 1. The number of esters is 1. The van der Waals surface area contributed by atoms with Gasteiger partial charge in [-0.15, -0.1) is 0 Å². The Bertz CT molecular complexity index is 627. The fraction of sp³-hybridized carbons (Fsp3) is 0.412. The molecule has 1 aliphatic heterocycles. The minimum absolute atomic E-state index is 0.323. The van der Waals surface area contributed by atoms with Crippen molar-refractivity contribution in [2.45, 2.75) is 32.6 Å². The average Bonchev–Trinajstić information content (AvgIpc) is 2.77. The minimum atomic E-state index is -0.360. The number of methoxy groups -OCH3 is 1. The van der Waals surface area contributed by atoms with Crippen LogP contribution in [0.2, 0.25) is 0 Å². The van der Waals surface area contributed by atoms with Gasteiger partial charge < -0.3 is 9.47 Å². The molecule has 1 fully saturated rings. The Morgan fingerprint density at radius 3 is 2.86 bits per heavy atom. The van der Waals surface area contributed by atoms with Crippen molar-refractivity contribution in [1.29, 1.82) is 0 Å². The Morgan fingerprint density at radius 2 is 2.24 bits per heavy atom. The molecule has 0 aromatic heterocycles. The van der Waals surface area contributed by atoms with Crippen LogP contribution in [0, 0.1) is 5.92 Å². The van der Waals surface area contributed by atoms with Gasteiger partial charge in [-0.25, -0.2) is 9.79 Å². The second-order valence-corrected chi connectivity index (χ2v) is 5.43. The van der Waals surface area contributed by atoms with E-state index in [9.17, 15) is 4.79 Å². The van der Waals surface area contributed by atoms with E-state index < -0.39 is 0 Å². The predicted octanol–water partition coefficient (Wildman–Crippen LogP) is 3.35. The highest BCUT2D eigenvalue weighted by Gasteiger charge is 2.32. The van der Waals surface area contributed by atoms with Crippen LogP contribution < -0.4 is 4.74 Å². The van der Waals surface area contributed by atoms with E-state index in [4.69, 9.17) is 9.47 Å². The van der Waals surface area contributed by atoms with Crippen molar-refractivity contribution >= 4 is 17.9 Å². The van der Waals surface area contributed by atoms with Crippen molar-refractivity contribution in [2.75, 3.05) is 7.11 Å². The van der Waals surface area contributed by atoms with Gasteiger partial charge in [0, 0.05) is 11.5 Å². The lowest BCUT2D eigenvalue weighted by Gasteiger charge is -2.23. The van der Waals surface area contributed by atoms with E-state index >= 15 is 0 Å². The number of carbonyl (C=O) groups is 1.